The molecule has 3 rings (SSSR count). The van der Waals surface area contributed by atoms with Gasteiger partial charge in [-0.15, -0.1) is 0 Å². The molecular formula is C21H19FN2O4S. The number of thioether (sulfide) groups is 1. The molecule has 0 bridgehead atoms. The third-order valence-corrected chi connectivity index (χ3v) is 5.16. The second-order valence-electron chi connectivity index (χ2n) is 6.46. The summed E-state index contributed by atoms with van der Waals surface area (Å²) in [5, 5.41) is 11.6. The van der Waals surface area contributed by atoms with E-state index in [-0.39, 0.29) is 11.5 Å². The van der Waals surface area contributed by atoms with Gasteiger partial charge >= 0.3 is 0 Å². The van der Waals surface area contributed by atoms with Gasteiger partial charge in [0.05, 0.1) is 17.6 Å². The van der Waals surface area contributed by atoms with Crippen molar-refractivity contribution in [2.75, 3.05) is 13.2 Å². The lowest BCUT2D eigenvalue weighted by Gasteiger charge is -2.18. The summed E-state index contributed by atoms with van der Waals surface area (Å²) in [4.78, 5) is 38.0. The third kappa shape index (κ3) is 5.52. The van der Waals surface area contributed by atoms with Crippen LogP contribution in [-0.4, -0.2) is 46.3 Å². The average Bonchev–Trinajstić information content (AvgIpc) is 2.97. The zero-order valence-corrected chi connectivity index (χ0v) is 16.2. The van der Waals surface area contributed by atoms with Gasteiger partial charge < -0.3 is 10.4 Å². The van der Waals surface area contributed by atoms with Crippen molar-refractivity contribution in [2.45, 2.75) is 12.5 Å². The van der Waals surface area contributed by atoms with Crippen LogP contribution >= 0.6 is 11.8 Å². The van der Waals surface area contributed by atoms with Gasteiger partial charge in [0.2, 0.25) is 5.91 Å². The number of hydrogen-bond donors (Lipinski definition) is 2. The summed E-state index contributed by atoms with van der Waals surface area (Å²) in [6.07, 6.45) is 1.91. The smallest absolute Gasteiger partial charge is 0.294 e. The molecule has 0 aliphatic carbocycles. The fourth-order valence-corrected chi connectivity index (χ4v) is 3.66. The maximum atomic E-state index is 13.0. The number of amides is 3. The van der Waals surface area contributed by atoms with Gasteiger partial charge in [-0.1, -0.05) is 42.5 Å². The first-order valence-corrected chi connectivity index (χ1v) is 9.73. The van der Waals surface area contributed by atoms with E-state index in [1.807, 2.05) is 30.3 Å². The Balaban J connectivity index is 1.61. The van der Waals surface area contributed by atoms with Gasteiger partial charge in [0, 0.05) is 0 Å². The highest BCUT2D eigenvalue weighted by Crippen LogP contribution is 2.32. The van der Waals surface area contributed by atoms with Gasteiger partial charge in [0.15, 0.2) is 0 Å². The summed E-state index contributed by atoms with van der Waals surface area (Å²) in [5.74, 6) is -1.52. The highest BCUT2D eigenvalue weighted by Gasteiger charge is 2.36. The fourth-order valence-electron chi connectivity index (χ4n) is 2.82. The minimum atomic E-state index is -0.580. The van der Waals surface area contributed by atoms with Crippen molar-refractivity contribution < 1.29 is 23.9 Å². The maximum Gasteiger partial charge on any atom is 0.294 e. The Hall–Kier alpha value is -2.97. The minimum Gasteiger partial charge on any atom is -0.394 e. The number of nitrogens with zero attached hydrogens (tertiary/aromatic N) is 1. The van der Waals surface area contributed by atoms with Gasteiger partial charge in [0.1, 0.15) is 12.4 Å². The summed E-state index contributed by atoms with van der Waals surface area (Å²) in [6, 6.07) is 14.3. The molecule has 1 unspecified atom stereocenters. The summed E-state index contributed by atoms with van der Waals surface area (Å²) in [5.41, 5.74) is 1.52. The molecule has 29 heavy (non-hydrogen) atoms. The highest BCUT2D eigenvalue weighted by atomic mass is 32.2. The molecule has 1 aliphatic heterocycles. The van der Waals surface area contributed by atoms with Gasteiger partial charge in [-0.05, 0) is 47.5 Å². The molecule has 0 spiro atoms. The number of carbonyl (C=O) groups is 3. The topological polar surface area (TPSA) is 86.7 Å². The van der Waals surface area contributed by atoms with E-state index in [0.717, 1.165) is 22.2 Å². The Morgan fingerprint density at radius 3 is 2.48 bits per heavy atom. The first-order chi connectivity index (χ1) is 14.0. The Labute approximate surface area is 171 Å². The maximum absolute atomic E-state index is 13.0. The van der Waals surface area contributed by atoms with Gasteiger partial charge in [-0.3, -0.25) is 19.3 Å². The Morgan fingerprint density at radius 1 is 1.14 bits per heavy atom. The molecule has 6 nitrogen and oxygen atoms in total. The zero-order valence-electron chi connectivity index (χ0n) is 15.4. The van der Waals surface area contributed by atoms with Crippen LogP contribution in [-0.2, 0) is 16.0 Å². The van der Waals surface area contributed by atoms with Crippen molar-refractivity contribution in [1.82, 2.24) is 10.2 Å². The number of nitrogens with one attached hydrogen (secondary N) is 1. The molecule has 1 heterocycles. The summed E-state index contributed by atoms with van der Waals surface area (Å²) >= 11 is 0.725. The number of aliphatic hydroxyl groups is 1. The van der Waals surface area contributed by atoms with Crippen LogP contribution in [0.1, 0.15) is 11.1 Å². The molecular weight excluding hydrogens is 395 g/mol. The molecule has 2 N–H and O–H groups in total. The van der Waals surface area contributed by atoms with E-state index in [9.17, 15) is 23.9 Å². The van der Waals surface area contributed by atoms with E-state index in [1.54, 1.807) is 0 Å². The van der Waals surface area contributed by atoms with Crippen molar-refractivity contribution in [3.8, 4) is 0 Å². The minimum absolute atomic E-state index is 0.164. The van der Waals surface area contributed by atoms with E-state index in [1.165, 1.54) is 30.3 Å². The Morgan fingerprint density at radius 2 is 1.83 bits per heavy atom. The van der Waals surface area contributed by atoms with Crippen LogP contribution < -0.4 is 5.32 Å². The number of halogens is 1. The van der Waals surface area contributed by atoms with E-state index in [2.05, 4.69) is 5.32 Å². The predicted octanol–water partition coefficient (Wildman–Crippen LogP) is 2.58. The quantitative estimate of drug-likeness (QED) is 0.680. The normalized spacial score (nSPS) is 16.3. The molecule has 1 fully saturated rings. The Bertz CT molecular complexity index is 931. The molecule has 1 atom stereocenters. The van der Waals surface area contributed by atoms with Gasteiger partial charge in [-0.2, -0.15) is 0 Å². The molecule has 150 valence electrons. The fraction of sp³-hybridized carbons (Fsp3) is 0.190. The van der Waals surface area contributed by atoms with E-state index in [0.29, 0.717) is 12.0 Å². The second-order valence-corrected chi connectivity index (χ2v) is 7.45. The number of hydrogen-bond acceptors (Lipinski definition) is 5. The third-order valence-electron chi connectivity index (χ3n) is 4.25. The number of benzene rings is 2. The monoisotopic (exact) mass is 414 g/mol. The summed E-state index contributed by atoms with van der Waals surface area (Å²) < 4.78 is 13.0. The highest BCUT2D eigenvalue weighted by molar-refractivity contribution is 8.18. The predicted molar refractivity (Wildman–Crippen MR) is 108 cm³/mol. The first-order valence-electron chi connectivity index (χ1n) is 8.91. The van der Waals surface area contributed by atoms with Crippen LogP contribution in [0.3, 0.4) is 0 Å². The molecule has 0 aromatic heterocycles. The standard InChI is InChI=1S/C21H19FN2O4S/c22-16-8-6-15(7-9-16)11-18-20(27)24(21(28)29-18)12-19(26)23-17(13-25)10-14-4-2-1-3-5-14/h1-9,11,17,25H,10,12-13H2,(H,23,26). The van der Waals surface area contributed by atoms with Gasteiger partial charge in [0.25, 0.3) is 11.1 Å². The molecule has 2 aromatic carbocycles. The van der Waals surface area contributed by atoms with Crippen molar-refractivity contribution in [3.05, 3.63) is 76.4 Å². The lowest BCUT2D eigenvalue weighted by atomic mass is 10.1. The lowest BCUT2D eigenvalue weighted by molar-refractivity contribution is -0.129. The molecule has 0 saturated carbocycles. The van der Waals surface area contributed by atoms with Crippen LogP contribution in [0.4, 0.5) is 9.18 Å². The SMILES string of the molecule is O=C(CN1C(=O)SC(=Cc2ccc(F)cc2)C1=O)NC(CO)Cc1ccccc1. The average molecular weight is 414 g/mol. The van der Waals surface area contributed by atoms with E-state index < -0.39 is 35.5 Å². The number of rotatable bonds is 7. The lowest BCUT2D eigenvalue weighted by Crippen LogP contribution is -2.45. The zero-order chi connectivity index (χ0) is 20.8. The van der Waals surface area contributed by atoms with E-state index >= 15 is 0 Å². The first kappa shape index (κ1) is 20.8. The molecule has 1 aliphatic rings. The summed E-state index contributed by atoms with van der Waals surface area (Å²) in [6.45, 7) is -0.705. The molecule has 2 aromatic rings. The van der Waals surface area contributed by atoms with E-state index in [4.69, 9.17) is 0 Å². The number of imide groups is 1. The number of carbonyl (C=O) groups excluding carboxylic acids is 3. The second kappa shape index (κ2) is 9.49. The van der Waals surface area contributed by atoms with Crippen molar-refractivity contribution >= 4 is 34.9 Å². The van der Waals surface area contributed by atoms with Crippen LogP contribution in [0.5, 0.6) is 0 Å². The van der Waals surface area contributed by atoms with Crippen molar-refractivity contribution in [3.63, 3.8) is 0 Å². The van der Waals surface area contributed by atoms with Crippen LogP contribution in [0.15, 0.2) is 59.5 Å². The summed E-state index contributed by atoms with van der Waals surface area (Å²) in [7, 11) is 0. The van der Waals surface area contributed by atoms with Gasteiger partial charge in [-0.25, -0.2) is 4.39 Å². The van der Waals surface area contributed by atoms with Crippen LogP contribution in [0.2, 0.25) is 0 Å². The van der Waals surface area contributed by atoms with Crippen LogP contribution in [0, 0.1) is 5.82 Å². The molecule has 3 amide bonds. The Kier molecular flexibility index (Phi) is 6.79. The molecule has 0 radical (unpaired) electrons. The number of aliphatic hydroxyl groups excluding tert-OH is 1. The largest absolute Gasteiger partial charge is 0.394 e. The van der Waals surface area contributed by atoms with Crippen molar-refractivity contribution in [2.24, 2.45) is 0 Å². The molecule has 1 saturated heterocycles. The van der Waals surface area contributed by atoms with Crippen LogP contribution in [0.25, 0.3) is 6.08 Å². The molecule has 8 heteroatoms. The van der Waals surface area contributed by atoms with Crippen molar-refractivity contribution in [1.29, 1.82) is 0 Å².